The van der Waals surface area contributed by atoms with Gasteiger partial charge in [-0.2, -0.15) is 5.10 Å². The molecule has 2 aromatic rings. The Bertz CT molecular complexity index is 812. The Morgan fingerprint density at radius 2 is 1.91 bits per heavy atom. The second-order valence-corrected chi connectivity index (χ2v) is 6.22. The number of hydrogen-bond acceptors (Lipinski definition) is 4. The standard InChI is InChI=1S/C15H9BrCl2N2O3/c16-10-5-14-13(22-7-23-14)4-9(10)6-19-20-15(21)8-1-2-11(17)12(18)3-8/h1-6H,7H2,(H,20,21)/b19-6-. The number of nitrogens with one attached hydrogen (secondary N) is 1. The van der Waals surface area contributed by atoms with Crippen LogP contribution in [0.3, 0.4) is 0 Å². The minimum absolute atomic E-state index is 0.191. The third kappa shape index (κ3) is 3.60. The molecule has 118 valence electrons. The first-order chi connectivity index (χ1) is 11.0. The van der Waals surface area contributed by atoms with Crippen LogP contribution in [0.15, 0.2) is 39.9 Å². The maximum atomic E-state index is 12.0. The third-order valence-electron chi connectivity index (χ3n) is 3.04. The first-order valence-electron chi connectivity index (χ1n) is 6.42. The lowest BCUT2D eigenvalue weighted by Crippen LogP contribution is -2.17. The molecule has 2 aromatic carbocycles. The number of hydrogen-bond donors (Lipinski definition) is 1. The molecule has 0 unspecified atom stereocenters. The van der Waals surface area contributed by atoms with Crippen molar-refractivity contribution < 1.29 is 14.3 Å². The number of carbonyl (C=O) groups is 1. The van der Waals surface area contributed by atoms with Crippen LogP contribution in [-0.4, -0.2) is 18.9 Å². The summed E-state index contributed by atoms with van der Waals surface area (Å²) in [4.78, 5) is 12.0. The van der Waals surface area contributed by atoms with Crippen LogP contribution in [0.2, 0.25) is 10.0 Å². The van der Waals surface area contributed by atoms with E-state index < -0.39 is 5.91 Å². The number of rotatable bonds is 3. The van der Waals surface area contributed by atoms with Crippen molar-refractivity contribution in [3.63, 3.8) is 0 Å². The number of carbonyl (C=O) groups excluding carboxylic acids is 1. The first-order valence-corrected chi connectivity index (χ1v) is 7.97. The van der Waals surface area contributed by atoms with Gasteiger partial charge in [0.25, 0.3) is 5.91 Å². The van der Waals surface area contributed by atoms with Crippen LogP contribution < -0.4 is 14.9 Å². The van der Waals surface area contributed by atoms with Gasteiger partial charge >= 0.3 is 0 Å². The predicted octanol–water partition coefficient (Wildman–Crippen LogP) is 4.25. The molecule has 1 N–H and O–H groups in total. The van der Waals surface area contributed by atoms with Gasteiger partial charge in [0.05, 0.1) is 16.3 Å². The van der Waals surface area contributed by atoms with Gasteiger partial charge in [0.2, 0.25) is 6.79 Å². The van der Waals surface area contributed by atoms with Crippen LogP contribution in [-0.2, 0) is 0 Å². The molecular formula is C15H9BrCl2N2O3. The minimum atomic E-state index is -0.392. The van der Waals surface area contributed by atoms with Gasteiger partial charge in [0, 0.05) is 15.6 Å². The van der Waals surface area contributed by atoms with Crippen molar-refractivity contribution in [3.8, 4) is 11.5 Å². The van der Waals surface area contributed by atoms with Crippen molar-refractivity contribution in [2.45, 2.75) is 0 Å². The van der Waals surface area contributed by atoms with E-state index in [-0.39, 0.29) is 6.79 Å². The zero-order valence-electron chi connectivity index (χ0n) is 11.5. The Morgan fingerprint density at radius 3 is 2.65 bits per heavy atom. The maximum Gasteiger partial charge on any atom is 0.271 e. The molecule has 0 saturated carbocycles. The Balaban J connectivity index is 1.71. The zero-order chi connectivity index (χ0) is 16.4. The van der Waals surface area contributed by atoms with E-state index in [9.17, 15) is 4.79 Å². The molecule has 0 radical (unpaired) electrons. The number of ether oxygens (including phenoxy) is 2. The summed E-state index contributed by atoms with van der Waals surface area (Å²) in [6.45, 7) is 0.191. The van der Waals surface area contributed by atoms with Gasteiger partial charge in [0.15, 0.2) is 11.5 Å². The summed E-state index contributed by atoms with van der Waals surface area (Å²) in [6.07, 6.45) is 1.50. The highest BCUT2D eigenvalue weighted by Gasteiger charge is 2.15. The molecule has 23 heavy (non-hydrogen) atoms. The van der Waals surface area contributed by atoms with Crippen molar-refractivity contribution in [2.75, 3.05) is 6.79 Å². The van der Waals surface area contributed by atoms with Crippen molar-refractivity contribution in [3.05, 3.63) is 56.0 Å². The van der Waals surface area contributed by atoms with Crippen LogP contribution in [0.25, 0.3) is 0 Å². The van der Waals surface area contributed by atoms with E-state index in [1.807, 2.05) is 0 Å². The first kappa shape index (κ1) is 16.1. The lowest BCUT2D eigenvalue weighted by molar-refractivity contribution is 0.0955. The lowest BCUT2D eigenvalue weighted by atomic mass is 10.2. The van der Waals surface area contributed by atoms with Gasteiger partial charge in [-0.1, -0.05) is 23.2 Å². The molecule has 0 bridgehead atoms. The Hall–Kier alpha value is -1.76. The minimum Gasteiger partial charge on any atom is -0.454 e. The number of hydrazone groups is 1. The molecule has 5 nitrogen and oxygen atoms in total. The monoisotopic (exact) mass is 414 g/mol. The molecule has 8 heteroatoms. The van der Waals surface area contributed by atoms with E-state index in [0.29, 0.717) is 27.1 Å². The quantitative estimate of drug-likeness (QED) is 0.602. The normalized spacial score (nSPS) is 12.7. The molecule has 0 saturated heterocycles. The second kappa shape index (κ2) is 6.78. The summed E-state index contributed by atoms with van der Waals surface area (Å²) in [5.74, 6) is 0.899. The van der Waals surface area contributed by atoms with Crippen molar-refractivity contribution >= 4 is 51.3 Å². The molecule has 1 amide bonds. The average molecular weight is 416 g/mol. The van der Waals surface area contributed by atoms with E-state index >= 15 is 0 Å². The Labute approximate surface area is 150 Å². The van der Waals surface area contributed by atoms with E-state index in [4.69, 9.17) is 32.7 Å². The zero-order valence-corrected chi connectivity index (χ0v) is 14.6. The highest BCUT2D eigenvalue weighted by Crippen LogP contribution is 2.36. The Kier molecular flexibility index (Phi) is 4.75. The number of halogens is 3. The summed E-state index contributed by atoms with van der Waals surface area (Å²) < 4.78 is 11.3. The summed E-state index contributed by atoms with van der Waals surface area (Å²) >= 11 is 15.1. The number of amides is 1. The SMILES string of the molecule is O=C(N/N=C\c1cc2c(cc1Br)OCO2)c1ccc(Cl)c(Cl)c1. The largest absolute Gasteiger partial charge is 0.454 e. The smallest absolute Gasteiger partial charge is 0.271 e. The van der Waals surface area contributed by atoms with E-state index in [0.717, 1.165) is 10.0 Å². The van der Waals surface area contributed by atoms with Gasteiger partial charge in [-0.3, -0.25) is 4.79 Å². The van der Waals surface area contributed by atoms with E-state index in [2.05, 4.69) is 26.5 Å². The Morgan fingerprint density at radius 1 is 1.17 bits per heavy atom. The topological polar surface area (TPSA) is 59.9 Å². The number of benzene rings is 2. The summed E-state index contributed by atoms with van der Waals surface area (Å²) in [6, 6.07) is 8.14. The van der Waals surface area contributed by atoms with Gasteiger partial charge < -0.3 is 9.47 Å². The molecule has 1 aliphatic rings. The molecule has 0 fully saturated rings. The van der Waals surface area contributed by atoms with Gasteiger partial charge in [0.1, 0.15) is 0 Å². The van der Waals surface area contributed by atoms with Gasteiger partial charge in [-0.25, -0.2) is 5.43 Å². The van der Waals surface area contributed by atoms with Crippen molar-refractivity contribution in [2.24, 2.45) is 5.10 Å². The molecule has 1 aliphatic heterocycles. The summed E-state index contributed by atoms with van der Waals surface area (Å²) in [5.41, 5.74) is 3.53. The molecule has 3 rings (SSSR count). The maximum absolute atomic E-state index is 12.0. The van der Waals surface area contributed by atoms with Crippen LogP contribution in [0.5, 0.6) is 11.5 Å². The fourth-order valence-electron chi connectivity index (χ4n) is 1.89. The van der Waals surface area contributed by atoms with Gasteiger partial charge in [-0.05, 0) is 46.3 Å². The second-order valence-electron chi connectivity index (χ2n) is 4.55. The molecule has 0 atom stereocenters. The molecule has 1 heterocycles. The van der Waals surface area contributed by atoms with Crippen molar-refractivity contribution in [1.29, 1.82) is 0 Å². The predicted molar refractivity (Wildman–Crippen MR) is 91.8 cm³/mol. The van der Waals surface area contributed by atoms with Crippen molar-refractivity contribution in [1.82, 2.24) is 5.43 Å². The van der Waals surface area contributed by atoms with E-state index in [1.54, 1.807) is 24.3 Å². The lowest BCUT2D eigenvalue weighted by Gasteiger charge is -2.03. The van der Waals surface area contributed by atoms with Crippen LogP contribution >= 0.6 is 39.1 Å². The number of fused-ring (bicyclic) bond motifs is 1. The fourth-order valence-corrected chi connectivity index (χ4v) is 2.62. The third-order valence-corrected chi connectivity index (χ3v) is 4.47. The average Bonchev–Trinajstić information content (AvgIpc) is 2.97. The highest BCUT2D eigenvalue weighted by molar-refractivity contribution is 9.10. The van der Waals surface area contributed by atoms with E-state index in [1.165, 1.54) is 12.3 Å². The molecule has 0 aliphatic carbocycles. The summed E-state index contributed by atoms with van der Waals surface area (Å²) in [5, 5.41) is 4.62. The number of nitrogens with zero attached hydrogens (tertiary/aromatic N) is 1. The summed E-state index contributed by atoms with van der Waals surface area (Å²) in [7, 11) is 0. The highest BCUT2D eigenvalue weighted by atomic mass is 79.9. The fraction of sp³-hybridized carbons (Fsp3) is 0.0667. The van der Waals surface area contributed by atoms with Crippen LogP contribution in [0, 0.1) is 0 Å². The molecule has 0 spiro atoms. The molecule has 0 aromatic heterocycles. The molecular weight excluding hydrogens is 407 g/mol. The van der Waals surface area contributed by atoms with Gasteiger partial charge in [-0.15, -0.1) is 0 Å². The van der Waals surface area contributed by atoms with Crippen LogP contribution in [0.1, 0.15) is 15.9 Å². The van der Waals surface area contributed by atoms with Crippen LogP contribution in [0.4, 0.5) is 0 Å².